The van der Waals surface area contributed by atoms with E-state index in [2.05, 4.69) is 25.8 Å². The van der Waals surface area contributed by atoms with Gasteiger partial charge in [0.15, 0.2) is 5.89 Å². The Hall–Kier alpha value is -1.66. The molecule has 1 unspecified atom stereocenters. The van der Waals surface area contributed by atoms with Crippen LogP contribution in [0.25, 0.3) is 0 Å². The molecule has 0 spiro atoms. The standard InChI is InChI=1S/C15H18N2O3S.C5H12/c1-10-4-6-13(7-5-10)21(18,19)17-9-15-14(8-11(17)2)16-12(3)20-15;1-4-5(2)3/h4-7,11H,8-9H2,1-3H3;5H,4H2,1-3H3. The van der Waals surface area contributed by atoms with Crippen molar-refractivity contribution in [1.29, 1.82) is 0 Å². The molecule has 6 heteroatoms. The molecule has 0 fully saturated rings. The number of oxazole rings is 1. The highest BCUT2D eigenvalue weighted by atomic mass is 32.2. The summed E-state index contributed by atoms with van der Waals surface area (Å²) in [6.45, 7) is 12.5. The second-order valence-electron chi connectivity index (χ2n) is 7.32. The molecular weight excluding hydrogens is 348 g/mol. The van der Waals surface area contributed by atoms with Gasteiger partial charge in [0.1, 0.15) is 5.76 Å². The average molecular weight is 379 g/mol. The average Bonchev–Trinajstić information content (AvgIpc) is 2.94. The monoisotopic (exact) mass is 378 g/mol. The van der Waals surface area contributed by atoms with Crippen LogP contribution < -0.4 is 0 Å². The Bertz CT molecular complexity index is 823. The van der Waals surface area contributed by atoms with Crippen LogP contribution in [0.1, 0.15) is 57.0 Å². The summed E-state index contributed by atoms with van der Waals surface area (Å²) in [4.78, 5) is 4.63. The molecule has 144 valence electrons. The Kier molecular flexibility index (Phi) is 6.64. The van der Waals surface area contributed by atoms with Gasteiger partial charge in [-0.25, -0.2) is 13.4 Å². The third-order valence-corrected chi connectivity index (χ3v) is 6.58. The fraction of sp³-hybridized carbons (Fsp3) is 0.550. The van der Waals surface area contributed by atoms with Crippen molar-refractivity contribution >= 4 is 10.0 Å². The van der Waals surface area contributed by atoms with Gasteiger partial charge in [0.25, 0.3) is 0 Å². The number of hydrogen-bond acceptors (Lipinski definition) is 4. The van der Waals surface area contributed by atoms with E-state index < -0.39 is 10.0 Å². The van der Waals surface area contributed by atoms with Crippen molar-refractivity contribution in [2.75, 3.05) is 0 Å². The van der Waals surface area contributed by atoms with Crippen LogP contribution in [0.4, 0.5) is 0 Å². The summed E-state index contributed by atoms with van der Waals surface area (Å²) in [5.74, 6) is 2.12. The first-order chi connectivity index (χ1) is 12.1. The highest BCUT2D eigenvalue weighted by molar-refractivity contribution is 7.89. The lowest BCUT2D eigenvalue weighted by Crippen LogP contribution is -2.42. The summed E-state index contributed by atoms with van der Waals surface area (Å²) in [6, 6.07) is 6.79. The largest absolute Gasteiger partial charge is 0.444 e. The minimum absolute atomic E-state index is 0.131. The minimum Gasteiger partial charge on any atom is -0.444 e. The molecule has 0 bridgehead atoms. The lowest BCUT2D eigenvalue weighted by atomic mass is 10.1. The molecule has 0 saturated carbocycles. The predicted molar refractivity (Wildman–Crippen MR) is 103 cm³/mol. The molecular formula is C20H30N2O3S. The molecule has 1 aliphatic rings. The van der Waals surface area contributed by atoms with Gasteiger partial charge in [0, 0.05) is 19.4 Å². The van der Waals surface area contributed by atoms with Gasteiger partial charge in [0.2, 0.25) is 10.0 Å². The van der Waals surface area contributed by atoms with Crippen molar-refractivity contribution in [1.82, 2.24) is 9.29 Å². The molecule has 3 rings (SSSR count). The number of nitrogens with zero attached hydrogens (tertiary/aromatic N) is 2. The molecule has 0 radical (unpaired) electrons. The van der Waals surface area contributed by atoms with E-state index in [9.17, 15) is 8.42 Å². The lowest BCUT2D eigenvalue weighted by Gasteiger charge is -2.30. The van der Waals surface area contributed by atoms with Crippen LogP contribution >= 0.6 is 0 Å². The van der Waals surface area contributed by atoms with Crippen LogP contribution in [-0.2, 0) is 23.0 Å². The maximum Gasteiger partial charge on any atom is 0.243 e. The summed E-state index contributed by atoms with van der Waals surface area (Å²) in [6.07, 6.45) is 1.89. The second kappa shape index (κ2) is 8.35. The molecule has 5 nitrogen and oxygen atoms in total. The third kappa shape index (κ3) is 4.74. The number of fused-ring (bicyclic) bond motifs is 1. The molecule has 1 aromatic heterocycles. The van der Waals surface area contributed by atoms with Crippen LogP contribution in [0.5, 0.6) is 0 Å². The number of aromatic nitrogens is 1. The zero-order valence-corrected chi connectivity index (χ0v) is 17.4. The summed E-state index contributed by atoms with van der Waals surface area (Å²) in [5.41, 5.74) is 1.91. The Morgan fingerprint density at radius 1 is 1.23 bits per heavy atom. The van der Waals surface area contributed by atoms with Crippen LogP contribution in [0, 0.1) is 19.8 Å². The van der Waals surface area contributed by atoms with Crippen molar-refractivity contribution in [3.8, 4) is 0 Å². The SMILES string of the molecule is CCC(C)C.Cc1ccc(S(=O)(=O)N2Cc3oc(C)nc3CC2C)cc1. The smallest absolute Gasteiger partial charge is 0.243 e. The van der Waals surface area contributed by atoms with Crippen LogP contribution in [0.15, 0.2) is 33.6 Å². The fourth-order valence-corrected chi connectivity index (χ4v) is 4.23. The van der Waals surface area contributed by atoms with Crippen molar-refractivity contribution in [2.24, 2.45) is 5.92 Å². The van der Waals surface area contributed by atoms with Gasteiger partial charge in [-0.3, -0.25) is 0 Å². The molecule has 2 aromatic rings. The highest BCUT2D eigenvalue weighted by Gasteiger charge is 2.35. The van der Waals surface area contributed by atoms with Crippen molar-refractivity contribution in [3.63, 3.8) is 0 Å². The van der Waals surface area contributed by atoms with Gasteiger partial charge in [-0.2, -0.15) is 4.31 Å². The molecule has 1 aromatic carbocycles. The summed E-state index contributed by atoms with van der Waals surface area (Å²) < 4.78 is 32.6. The quantitative estimate of drug-likeness (QED) is 0.790. The van der Waals surface area contributed by atoms with Crippen LogP contribution in [0.2, 0.25) is 0 Å². The molecule has 1 atom stereocenters. The van der Waals surface area contributed by atoms with Crippen molar-refractivity contribution in [2.45, 2.75) is 71.9 Å². The van der Waals surface area contributed by atoms with E-state index in [0.717, 1.165) is 17.2 Å². The van der Waals surface area contributed by atoms with Crippen LogP contribution in [0.3, 0.4) is 0 Å². The van der Waals surface area contributed by atoms with E-state index in [1.807, 2.05) is 26.0 Å². The minimum atomic E-state index is -3.52. The van der Waals surface area contributed by atoms with Gasteiger partial charge in [-0.05, 0) is 31.9 Å². The summed E-state index contributed by atoms with van der Waals surface area (Å²) in [5, 5.41) is 0. The molecule has 1 aliphatic heterocycles. The third-order valence-electron chi connectivity index (χ3n) is 4.61. The van der Waals surface area contributed by atoms with Crippen LogP contribution in [-0.4, -0.2) is 23.7 Å². The van der Waals surface area contributed by atoms with Crippen molar-refractivity contribution in [3.05, 3.63) is 47.2 Å². The molecule has 0 N–H and O–H groups in total. The molecule has 2 heterocycles. The predicted octanol–water partition coefficient (Wildman–Crippen LogP) is 4.48. The van der Waals surface area contributed by atoms with Crippen molar-refractivity contribution < 1.29 is 12.8 Å². The fourth-order valence-electron chi connectivity index (χ4n) is 2.64. The van der Waals surface area contributed by atoms with Gasteiger partial charge < -0.3 is 4.42 Å². The van der Waals surface area contributed by atoms with E-state index >= 15 is 0 Å². The van der Waals surface area contributed by atoms with E-state index in [0.29, 0.717) is 23.0 Å². The number of sulfonamides is 1. The Morgan fingerprint density at radius 3 is 2.35 bits per heavy atom. The maximum atomic E-state index is 12.8. The lowest BCUT2D eigenvalue weighted by molar-refractivity contribution is 0.276. The van der Waals surface area contributed by atoms with Gasteiger partial charge >= 0.3 is 0 Å². The number of rotatable bonds is 3. The second-order valence-corrected chi connectivity index (χ2v) is 9.21. The Balaban J connectivity index is 0.000000431. The van der Waals surface area contributed by atoms with E-state index in [1.165, 1.54) is 10.7 Å². The first kappa shape index (κ1) is 20.6. The number of benzene rings is 1. The molecule has 0 aliphatic carbocycles. The topological polar surface area (TPSA) is 63.4 Å². The van der Waals surface area contributed by atoms with Gasteiger partial charge in [-0.15, -0.1) is 0 Å². The summed E-state index contributed by atoms with van der Waals surface area (Å²) in [7, 11) is -3.52. The zero-order valence-electron chi connectivity index (χ0n) is 16.6. The maximum absolute atomic E-state index is 12.8. The first-order valence-corrected chi connectivity index (χ1v) is 10.6. The first-order valence-electron chi connectivity index (χ1n) is 9.18. The number of hydrogen-bond donors (Lipinski definition) is 0. The Labute approximate surface area is 157 Å². The molecule has 0 saturated heterocycles. The van der Waals surface area contributed by atoms with E-state index in [4.69, 9.17) is 4.42 Å². The molecule has 26 heavy (non-hydrogen) atoms. The highest BCUT2D eigenvalue weighted by Crippen LogP contribution is 2.29. The normalized spacial score (nSPS) is 17.6. The van der Waals surface area contributed by atoms with Gasteiger partial charge in [0.05, 0.1) is 17.1 Å². The summed E-state index contributed by atoms with van der Waals surface area (Å²) >= 11 is 0. The zero-order chi connectivity index (χ0) is 19.5. The van der Waals surface area contributed by atoms with E-state index in [1.54, 1.807) is 19.1 Å². The van der Waals surface area contributed by atoms with Gasteiger partial charge in [-0.1, -0.05) is 44.9 Å². The number of aryl methyl sites for hydroxylation is 2. The molecule has 0 amide bonds. The van der Waals surface area contributed by atoms with E-state index in [-0.39, 0.29) is 12.6 Å². The Morgan fingerprint density at radius 2 is 1.81 bits per heavy atom.